The maximum atomic E-state index is 12.8. The van der Waals surface area contributed by atoms with Gasteiger partial charge in [-0.15, -0.1) is 0 Å². The fourth-order valence-electron chi connectivity index (χ4n) is 3.80. The van der Waals surface area contributed by atoms with Gasteiger partial charge in [0.1, 0.15) is 5.82 Å². The molecule has 1 saturated heterocycles. The van der Waals surface area contributed by atoms with Crippen molar-refractivity contribution in [2.24, 2.45) is 11.8 Å². The van der Waals surface area contributed by atoms with Gasteiger partial charge < -0.3 is 19.5 Å². The lowest BCUT2D eigenvalue weighted by molar-refractivity contribution is -0.129. The number of hydrogen-bond donors (Lipinski definition) is 1. The van der Waals surface area contributed by atoms with Crippen molar-refractivity contribution >= 4 is 22.8 Å². The molecule has 1 N–H and O–H groups in total. The maximum Gasteiger partial charge on any atom is 0.226 e. The molecule has 2 heterocycles. The summed E-state index contributed by atoms with van der Waals surface area (Å²) in [5.41, 5.74) is 1.92. The number of fused-ring (bicyclic) bond motifs is 1. The first-order chi connectivity index (χ1) is 13.4. The second-order valence-corrected chi connectivity index (χ2v) is 7.93. The number of amides is 2. The van der Waals surface area contributed by atoms with Crippen molar-refractivity contribution in [3.63, 3.8) is 0 Å². The fourth-order valence-corrected chi connectivity index (χ4v) is 3.80. The molecule has 7 nitrogen and oxygen atoms in total. The fraction of sp³-hybridized carbons (Fsp3) is 0.571. The zero-order valence-electron chi connectivity index (χ0n) is 17.1. The zero-order chi connectivity index (χ0) is 20.3. The molecule has 0 radical (unpaired) electrons. The third-order valence-corrected chi connectivity index (χ3v) is 5.12. The van der Waals surface area contributed by atoms with Crippen LogP contribution in [0.15, 0.2) is 24.3 Å². The van der Waals surface area contributed by atoms with E-state index >= 15 is 0 Å². The van der Waals surface area contributed by atoms with Crippen molar-refractivity contribution in [3.05, 3.63) is 30.1 Å². The summed E-state index contributed by atoms with van der Waals surface area (Å²) in [7, 11) is 1.67. The summed E-state index contributed by atoms with van der Waals surface area (Å²) in [4.78, 5) is 31.5. The summed E-state index contributed by atoms with van der Waals surface area (Å²) >= 11 is 0. The third kappa shape index (κ3) is 4.35. The normalized spacial score (nSPS) is 18.2. The first-order valence-electron chi connectivity index (χ1n) is 9.93. The van der Waals surface area contributed by atoms with Crippen molar-refractivity contribution in [3.8, 4) is 0 Å². The monoisotopic (exact) mass is 386 g/mol. The number of rotatable bonds is 8. The Hall–Kier alpha value is -2.41. The van der Waals surface area contributed by atoms with E-state index in [2.05, 4.69) is 23.7 Å². The average Bonchev–Trinajstić information content (AvgIpc) is 3.20. The minimum Gasteiger partial charge on any atom is -0.383 e. The number of carbonyl (C=O) groups excluding carboxylic acids is 2. The largest absolute Gasteiger partial charge is 0.383 e. The van der Waals surface area contributed by atoms with Crippen LogP contribution in [-0.2, 0) is 20.9 Å². The number of likely N-dealkylation sites (tertiary alicyclic amines) is 1. The number of aromatic nitrogens is 2. The molecule has 0 bridgehead atoms. The number of nitrogens with one attached hydrogen (secondary N) is 1. The van der Waals surface area contributed by atoms with Crippen LogP contribution in [0.25, 0.3) is 11.0 Å². The molecule has 2 unspecified atom stereocenters. The standard InChI is InChI=1S/C21H30N4O3/c1-14(2)12-24-13-16(11-19(24)26)21(27)22-15(3)20-23-17-7-5-6-8-18(17)25(20)9-10-28-4/h5-8,14-16H,9-13H2,1-4H3,(H,22,27). The van der Waals surface area contributed by atoms with Gasteiger partial charge in [0.15, 0.2) is 0 Å². The van der Waals surface area contributed by atoms with Gasteiger partial charge in [-0.1, -0.05) is 26.0 Å². The number of para-hydroxylation sites is 2. The number of imidazole rings is 1. The molecule has 1 fully saturated rings. The predicted octanol–water partition coefficient (Wildman–Crippen LogP) is 2.36. The van der Waals surface area contributed by atoms with Gasteiger partial charge in [-0.3, -0.25) is 9.59 Å². The number of nitrogens with zero attached hydrogens (tertiary/aromatic N) is 3. The van der Waals surface area contributed by atoms with Gasteiger partial charge in [0.2, 0.25) is 11.8 Å². The minimum absolute atomic E-state index is 0.0637. The predicted molar refractivity (Wildman–Crippen MR) is 108 cm³/mol. The first kappa shape index (κ1) is 20.3. The summed E-state index contributed by atoms with van der Waals surface area (Å²) in [5, 5.41) is 3.07. The molecule has 2 aromatic rings. The molecule has 3 rings (SSSR count). The van der Waals surface area contributed by atoms with Gasteiger partial charge in [0.05, 0.1) is 29.6 Å². The van der Waals surface area contributed by atoms with E-state index in [1.54, 1.807) is 12.0 Å². The van der Waals surface area contributed by atoms with E-state index in [0.717, 1.165) is 16.9 Å². The molecule has 2 amide bonds. The number of ether oxygens (including phenoxy) is 1. The van der Waals surface area contributed by atoms with E-state index in [0.29, 0.717) is 32.2 Å². The summed E-state index contributed by atoms with van der Waals surface area (Å²) in [6.45, 7) is 8.51. The molecule has 0 aliphatic carbocycles. The van der Waals surface area contributed by atoms with Crippen LogP contribution in [0, 0.1) is 11.8 Å². The van der Waals surface area contributed by atoms with Crippen molar-refractivity contribution < 1.29 is 14.3 Å². The van der Waals surface area contributed by atoms with Crippen LogP contribution in [0.2, 0.25) is 0 Å². The second-order valence-electron chi connectivity index (χ2n) is 7.93. The van der Waals surface area contributed by atoms with Crippen molar-refractivity contribution in [1.29, 1.82) is 0 Å². The molecule has 7 heteroatoms. The van der Waals surface area contributed by atoms with E-state index in [-0.39, 0.29) is 30.2 Å². The van der Waals surface area contributed by atoms with E-state index in [1.807, 2.05) is 31.2 Å². The summed E-state index contributed by atoms with van der Waals surface area (Å²) in [6, 6.07) is 7.67. The van der Waals surface area contributed by atoms with E-state index < -0.39 is 0 Å². The molecule has 1 aromatic heterocycles. The number of hydrogen-bond acceptors (Lipinski definition) is 4. The Bertz CT molecular complexity index is 845. The van der Waals surface area contributed by atoms with Crippen LogP contribution < -0.4 is 5.32 Å². The van der Waals surface area contributed by atoms with Gasteiger partial charge >= 0.3 is 0 Å². The van der Waals surface area contributed by atoms with Crippen LogP contribution in [-0.4, -0.2) is 53.1 Å². The molecule has 0 saturated carbocycles. The Balaban J connectivity index is 1.73. The minimum atomic E-state index is -0.300. The molecule has 1 aliphatic rings. The van der Waals surface area contributed by atoms with Gasteiger partial charge in [0.25, 0.3) is 0 Å². The smallest absolute Gasteiger partial charge is 0.226 e. The molecule has 1 aromatic carbocycles. The van der Waals surface area contributed by atoms with Crippen LogP contribution in [0.3, 0.4) is 0 Å². The SMILES string of the molecule is COCCn1c(C(C)NC(=O)C2CC(=O)N(CC(C)C)C2)nc2ccccc21. The Morgan fingerprint density at radius 2 is 2.07 bits per heavy atom. The van der Waals surface area contributed by atoms with Crippen molar-refractivity contribution in [1.82, 2.24) is 19.8 Å². The van der Waals surface area contributed by atoms with Crippen molar-refractivity contribution in [2.75, 3.05) is 26.8 Å². The summed E-state index contributed by atoms with van der Waals surface area (Å²) < 4.78 is 7.33. The lowest BCUT2D eigenvalue weighted by atomic mass is 10.1. The highest BCUT2D eigenvalue weighted by Crippen LogP contribution is 2.23. The van der Waals surface area contributed by atoms with E-state index in [9.17, 15) is 9.59 Å². The van der Waals surface area contributed by atoms with Crippen LogP contribution in [0.4, 0.5) is 0 Å². The van der Waals surface area contributed by atoms with Crippen LogP contribution in [0.5, 0.6) is 0 Å². The summed E-state index contributed by atoms with van der Waals surface area (Å²) in [5.74, 6) is 0.872. The highest BCUT2D eigenvalue weighted by atomic mass is 16.5. The Morgan fingerprint density at radius 1 is 1.32 bits per heavy atom. The van der Waals surface area contributed by atoms with Gasteiger partial charge in [-0.2, -0.15) is 0 Å². The lowest BCUT2D eigenvalue weighted by Gasteiger charge is -2.20. The first-order valence-corrected chi connectivity index (χ1v) is 9.93. The van der Waals surface area contributed by atoms with Crippen LogP contribution in [0.1, 0.15) is 39.1 Å². The van der Waals surface area contributed by atoms with E-state index in [4.69, 9.17) is 9.72 Å². The Labute approximate surface area is 166 Å². The van der Waals surface area contributed by atoms with Crippen LogP contribution >= 0.6 is 0 Å². The third-order valence-electron chi connectivity index (χ3n) is 5.12. The highest BCUT2D eigenvalue weighted by molar-refractivity contribution is 5.89. The lowest BCUT2D eigenvalue weighted by Crippen LogP contribution is -2.36. The average molecular weight is 386 g/mol. The Morgan fingerprint density at radius 3 is 2.79 bits per heavy atom. The molecule has 0 spiro atoms. The molecule has 152 valence electrons. The number of carbonyl (C=O) groups is 2. The summed E-state index contributed by atoms with van der Waals surface area (Å²) in [6.07, 6.45) is 0.283. The second kappa shape index (κ2) is 8.73. The quantitative estimate of drug-likeness (QED) is 0.756. The number of methoxy groups -OCH3 is 1. The zero-order valence-corrected chi connectivity index (χ0v) is 17.1. The molecular weight excluding hydrogens is 356 g/mol. The molecular formula is C21H30N4O3. The van der Waals surface area contributed by atoms with Gasteiger partial charge in [0, 0.05) is 33.2 Å². The van der Waals surface area contributed by atoms with Gasteiger partial charge in [-0.25, -0.2) is 4.98 Å². The topological polar surface area (TPSA) is 76.5 Å². The highest BCUT2D eigenvalue weighted by Gasteiger charge is 2.35. The van der Waals surface area contributed by atoms with Crippen molar-refractivity contribution in [2.45, 2.75) is 39.8 Å². The van der Waals surface area contributed by atoms with E-state index in [1.165, 1.54) is 0 Å². The molecule has 1 aliphatic heterocycles. The maximum absolute atomic E-state index is 12.8. The molecule has 2 atom stereocenters. The number of benzene rings is 1. The molecule has 28 heavy (non-hydrogen) atoms. The van der Waals surface area contributed by atoms with Gasteiger partial charge in [-0.05, 0) is 25.0 Å². The Kier molecular flexibility index (Phi) is 6.34.